The Morgan fingerprint density at radius 3 is 2.73 bits per heavy atom. The van der Waals surface area contributed by atoms with Crippen LogP contribution in [-0.4, -0.2) is 21.1 Å². The van der Waals surface area contributed by atoms with Crippen LogP contribution in [0.2, 0.25) is 0 Å². The highest BCUT2D eigenvalue weighted by Crippen LogP contribution is 2.06. The molecular weight excluding hydrogens is 192 g/mol. The predicted octanol–water partition coefficient (Wildman–Crippen LogP) is 1.37. The molecule has 0 unspecified atom stereocenters. The summed E-state index contributed by atoms with van der Waals surface area (Å²) in [5.74, 6) is 0.332. The first-order valence-electron chi connectivity index (χ1n) is 4.49. The lowest BCUT2D eigenvalue weighted by Crippen LogP contribution is -2.11. The van der Waals surface area contributed by atoms with Gasteiger partial charge in [-0.25, -0.2) is 0 Å². The van der Waals surface area contributed by atoms with E-state index in [2.05, 4.69) is 20.5 Å². The first-order valence-corrected chi connectivity index (χ1v) is 4.49. The van der Waals surface area contributed by atoms with Crippen molar-refractivity contribution in [3.05, 3.63) is 41.9 Å². The number of carbonyl (C=O) groups is 1. The highest BCUT2D eigenvalue weighted by molar-refractivity contribution is 6.03. The summed E-state index contributed by atoms with van der Waals surface area (Å²) < 4.78 is 0. The molecule has 1 amide bonds. The molecule has 2 heterocycles. The smallest absolute Gasteiger partial charge is 0.256 e. The number of anilines is 1. The summed E-state index contributed by atoms with van der Waals surface area (Å²) in [6, 6.07) is 5.06. The van der Waals surface area contributed by atoms with Crippen LogP contribution in [0.4, 0.5) is 5.82 Å². The lowest BCUT2D eigenvalue weighted by molar-refractivity contribution is 0.102. The van der Waals surface area contributed by atoms with Crippen molar-refractivity contribution in [2.75, 3.05) is 5.32 Å². The van der Waals surface area contributed by atoms with Gasteiger partial charge in [0, 0.05) is 29.7 Å². The molecule has 0 saturated heterocycles. The highest BCUT2D eigenvalue weighted by Gasteiger charge is 2.06. The molecule has 0 fully saturated rings. The average Bonchev–Trinajstić information content (AvgIpc) is 2.65. The summed E-state index contributed by atoms with van der Waals surface area (Å²) >= 11 is 0. The maximum absolute atomic E-state index is 11.6. The van der Waals surface area contributed by atoms with Crippen LogP contribution in [-0.2, 0) is 0 Å². The quantitative estimate of drug-likeness (QED) is 0.772. The zero-order valence-electron chi connectivity index (χ0n) is 8.19. The third-order valence-electron chi connectivity index (χ3n) is 1.89. The van der Waals surface area contributed by atoms with Gasteiger partial charge in [0.1, 0.15) is 0 Å². The molecule has 0 aromatic carbocycles. The van der Waals surface area contributed by atoms with Crippen molar-refractivity contribution >= 4 is 11.7 Å². The van der Waals surface area contributed by atoms with Crippen LogP contribution in [0.5, 0.6) is 0 Å². The van der Waals surface area contributed by atoms with Crippen molar-refractivity contribution in [1.82, 2.24) is 15.2 Å². The molecule has 0 aliphatic heterocycles. The number of pyridine rings is 1. The second-order valence-corrected chi connectivity index (χ2v) is 3.13. The minimum Gasteiger partial charge on any atom is -0.305 e. The molecule has 0 spiro atoms. The fourth-order valence-electron chi connectivity index (χ4n) is 1.17. The Balaban J connectivity index is 2.11. The fourth-order valence-corrected chi connectivity index (χ4v) is 1.17. The van der Waals surface area contributed by atoms with Crippen molar-refractivity contribution in [3.63, 3.8) is 0 Å². The van der Waals surface area contributed by atoms with Gasteiger partial charge in [0.15, 0.2) is 5.82 Å². The van der Waals surface area contributed by atoms with Gasteiger partial charge in [0.25, 0.3) is 5.91 Å². The Bertz CT molecular complexity index is 463. The number of carbonyl (C=O) groups excluding carboxylic acids is 1. The van der Waals surface area contributed by atoms with Gasteiger partial charge in [-0.3, -0.25) is 14.9 Å². The molecule has 0 atom stereocenters. The number of aromatic nitrogens is 3. The minimum atomic E-state index is -0.191. The Hall–Kier alpha value is -2.17. The molecule has 0 saturated carbocycles. The molecule has 0 radical (unpaired) electrons. The van der Waals surface area contributed by atoms with Crippen LogP contribution in [0.25, 0.3) is 0 Å². The van der Waals surface area contributed by atoms with E-state index in [0.717, 1.165) is 5.69 Å². The Morgan fingerprint density at radius 1 is 1.40 bits per heavy atom. The summed E-state index contributed by atoms with van der Waals surface area (Å²) in [5, 5.41) is 9.33. The van der Waals surface area contributed by atoms with E-state index in [-0.39, 0.29) is 5.91 Å². The molecule has 2 rings (SSSR count). The van der Waals surface area contributed by atoms with E-state index < -0.39 is 0 Å². The van der Waals surface area contributed by atoms with Crippen molar-refractivity contribution in [3.8, 4) is 0 Å². The summed E-state index contributed by atoms with van der Waals surface area (Å²) in [5.41, 5.74) is 1.46. The van der Waals surface area contributed by atoms with Crippen LogP contribution in [0.3, 0.4) is 0 Å². The number of nitrogens with zero attached hydrogens (tertiary/aromatic N) is 2. The number of aromatic amines is 1. The van der Waals surface area contributed by atoms with Crippen molar-refractivity contribution in [1.29, 1.82) is 0 Å². The number of amides is 1. The third-order valence-corrected chi connectivity index (χ3v) is 1.89. The zero-order chi connectivity index (χ0) is 10.7. The van der Waals surface area contributed by atoms with Crippen molar-refractivity contribution in [2.45, 2.75) is 6.92 Å². The number of hydrogen-bond donors (Lipinski definition) is 2. The largest absolute Gasteiger partial charge is 0.305 e. The number of hydrogen-bond acceptors (Lipinski definition) is 3. The zero-order valence-corrected chi connectivity index (χ0v) is 8.19. The second-order valence-electron chi connectivity index (χ2n) is 3.13. The van der Waals surface area contributed by atoms with Crippen LogP contribution in [0.15, 0.2) is 30.6 Å². The second kappa shape index (κ2) is 3.91. The van der Waals surface area contributed by atoms with E-state index in [1.165, 1.54) is 0 Å². The number of H-pyrrole nitrogens is 1. The van der Waals surface area contributed by atoms with E-state index in [4.69, 9.17) is 0 Å². The molecule has 5 heteroatoms. The maximum atomic E-state index is 11.6. The van der Waals surface area contributed by atoms with Crippen LogP contribution >= 0.6 is 0 Å². The molecule has 0 aliphatic rings. The van der Waals surface area contributed by atoms with Crippen LogP contribution < -0.4 is 5.32 Å². The molecule has 0 aliphatic carbocycles. The van der Waals surface area contributed by atoms with Gasteiger partial charge in [0.2, 0.25) is 0 Å². The van der Waals surface area contributed by atoms with E-state index in [1.54, 1.807) is 30.6 Å². The SMILES string of the molecule is Cc1cc(NC(=O)c2ccncc2)n[nH]1. The van der Waals surface area contributed by atoms with E-state index >= 15 is 0 Å². The third kappa shape index (κ3) is 2.19. The molecule has 2 aromatic heterocycles. The van der Waals surface area contributed by atoms with E-state index in [1.807, 2.05) is 6.92 Å². The summed E-state index contributed by atoms with van der Waals surface area (Å²) in [6.45, 7) is 1.87. The summed E-state index contributed by atoms with van der Waals surface area (Å²) in [7, 11) is 0. The van der Waals surface area contributed by atoms with E-state index in [0.29, 0.717) is 11.4 Å². The highest BCUT2D eigenvalue weighted by atomic mass is 16.1. The van der Waals surface area contributed by atoms with Crippen LogP contribution in [0, 0.1) is 6.92 Å². The van der Waals surface area contributed by atoms with Gasteiger partial charge < -0.3 is 5.32 Å². The topological polar surface area (TPSA) is 70.7 Å². The van der Waals surface area contributed by atoms with Crippen molar-refractivity contribution < 1.29 is 4.79 Å². The standard InChI is InChI=1S/C10H10N4O/c1-7-6-9(14-13-7)12-10(15)8-2-4-11-5-3-8/h2-6H,1H3,(H2,12,13,14,15). The summed E-state index contributed by atoms with van der Waals surface area (Å²) in [6.07, 6.45) is 3.15. The van der Waals surface area contributed by atoms with Crippen molar-refractivity contribution in [2.24, 2.45) is 0 Å². The molecule has 15 heavy (non-hydrogen) atoms. The molecule has 76 valence electrons. The first-order chi connectivity index (χ1) is 7.25. The Morgan fingerprint density at radius 2 is 2.13 bits per heavy atom. The first kappa shape index (κ1) is 9.39. The maximum Gasteiger partial charge on any atom is 0.256 e. The van der Waals surface area contributed by atoms with Gasteiger partial charge in [-0.1, -0.05) is 0 Å². The normalized spacial score (nSPS) is 9.93. The number of aryl methyl sites for hydroxylation is 1. The molecule has 2 aromatic rings. The lowest BCUT2D eigenvalue weighted by atomic mass is 10.2. The van der Waals surface area contributed by atoms with Gasteiger partial charge in [-0.15, -0.1) is 0 Å². The van der Waals surface area contributed by atoms with Gasteiger partial charge >= 0.3 is 0 Å². The number of nitrogens with one attached hydrogen (secondary N) is 2. The molecule has 0 bridgehead atoms. The molecule has 5 nitrogen and oxygen atoms in total. The number of rotatable bonds is 2. The van der Waals surface area contributed by atoms with Gasteiger partial charge in [-0.05, 0) is 19.1 Å². The average molecular weight is 202 g/mol. The molecular formula is C10H10N4O. The predicted molar refractivity (Wildman–Crippen MR) is 55.5 cm³/mol. The Labute approximate surface area is 86.5 Å². The summed E-state index contributed by atoms with van der Waals surface area (Å²) in [4.78, 5) is 15.5. The monoisotopic (exact) mass is 202 g/mol. The minimum absolute atomic E-state index is 0.191. The lowest BCUT2D eigenvalue weighted by Gasteiger charge is -1.99. The van der Waals surface area contributed by atoms with E-state index in [9.17, 15) is 4.79 Å². The Kier molecular flexibility index (Phi) is 2.45. The fraction of sp³-hybridized carbons (Fsp3) is 0.100. The van der Waals surface area contributed by atoms with Crippen LogP contribution in [0.1, 0.15) is 16.1 Å². The molecule has 2 N–H and O–H groups in total. The van der Waals surface area contributed by atoms with Gasteiger partial charge in [-0.2, -0.15) is 5.10 Å². The van der Waals surface area contributed by atoms with Gasteiger partial charge in [0.05, 0.1) is 0 Å².